The SMILES string of the molecule is CCN=C(C)CCC(C)=O. The molecule has 0 saturated heterocycles. The van der Waals surface area contributed by atoms with Gasteiger partial charge >= 0.3 is 0 Å². The number of carbonyl (C=O) groups excluding carboxylic acids is 1. The van der Waals surface area contributed by atoms with Gasteiger partial charge in [0.1, 0.15) is 5.78 Å². The van der Waals surface area contributed by atoms with Crippen molar-refractivity contribution in [2.75, 3.05) is 6.54 Å². The van der Waals surface area contributed by atoms with E-state index in [0.717, 1.165) is 18.7 Å². The van der Waals surface area contributed by atoms with Crippen LogP contribution in [0.2, 0.25) is 0 Å². The van der Waals surface area contributed by atoms with Crippen molar-refractivity contribution in [3.05, 3.63) is 0 Å². The second-order valence-corrected chi connectivity index (χ2v) is 2.41. The van der Waals surface area contributed by atoms with Crippen molar-refractivity contribution in [3.63, 3.8) is 0 Å². The number of hydrogen-bond acceptors (Lipinski definition) is 2. The van der Waals surface area contributed by atoms with Gasteiger partial charge in [0.15, 0.2) is 0 Å². The number of hydrogen-bond donors (Lipinski definition) is 0. The van der Waals surface area contributed by atoms with Crippen molar-refractivity contribution >= 4 is 11.5 Å². The molecule has 0 atom stereocenters. The zero-order chi connectivity index (χ0) is 7.98. The van der Waals surface area contributed by atoms with E-state index in [1.807, 2.05) is 13.8 Å². The molecule has 0 aliphatic carbocycles. The van der Waals surface area contributed by atoms with Crippen LogP contribution in [0.4, 0.5) is 0 Å². The standard InChI is InChI=1S/C8H15NO/c1-4-9-7(2)5-6-8(3)10/h4-6H2,1-3H3. The van der Waals surface area contributed by atoms with Gasteiger partial charge in [-0.25, -0.2) is 0 Å². The molecule has 0 bridgehead atoms. The van der Waals surface area contributed by atoms with E-state index in [4.69, 9.17) is 0 Å². The molecule has 58 valence electrons. The van der Waals surface area contributed by atoms with Crippen molar-refractivity contribution in [2.45, 2.75) is 33.6 Å². The molecule has 2 nitrogen and oxygen atoms in total. The zero-order valence-corrected chi connectivity index (χ0v) is 6.98. The Bertz CT molecular complexity index is 138. The fourth-order valence-electron chi connectivity index (χ4n) is 0.706. The summed E-state index contributed by atoms with van der Waals surface area (Å²) >= 11 is 0. The van der Waals surface area contributed by atoms with E-state index in [9.17, 15) is 4.79 Å². The first-order chi connectivity index (χ1) is 4.66. The van der Waals surface area contributed by atoms with Crippen LogP contribution in [0.25, 0.3) is 0 Å². The van der Waals surface area contributed by atoms with Gasteiger partial charge in [-0.15, -0.1) is 0 Å². The Hall–Kier alpha value is -0.660. The van der Waals surface area contributed by atoms with Crippen LogP contribution in [0.5, 0.6) is 0 Å². The maximum absolute atomic E-state index is 10.5. The molecule has 2 heteroatoms. The molecule has 0 fully saturated rings. The van der Waals surface area contributed by atoms with Gasteiger partial charge in [0.05, 0.1) is 0 Å². The maximum atomic E-state index is 10.5. The molecule has 0 spiro atoms. The summed E-state index contributed by atoms with van der Waals surface area (Å²) in [7, 11) is 0. The molecule has 0 radical (unpaired) electrons. The van der Waals surface area contributed by atoms with Crippen LogP contribution in [0.1, 0.15) is 33.6 Å². The molecule has 0 heterocycles. The van der Waals surface area contributed by atoms with Gasteiger partial charge in [-0.3, -0.25) is 4.99 Å². The minimum Gasteiger partial charge on any atom is -0.300 e. The first-order valence-corrected chi connectivity index (χ1v) is 3.66. The smallest absolute Gasteiger partial charge is 0.130 e. The minimum absolute atomic E-state index is 0.241. The summed E-state index contributed by atoms with van der Waals surface area (Å²) in [6.45, 7) is 6.40. The third-order valence-electron chi connectivity index (χ3n) is 1.27. The van der Waals surface area contributed by atoms with E-state index in [1.54, 1.807) is 6.92 Å². The van der Waals surface area contributed by atoms with Gasteiger partial charge < -0.3 is 4.79 Å². The molecule has 0 aromatic rings. The molecular weight excluding hydrogens is 126 g/mol. The lowest BCUT2D eigenvalue weighted by atomic mass is 10.2. The van der Waals surface area contributed by atoms with Crippen LogP contribution in [0.15, 0.2) is 4.99 Å². The Kier molecular flexibility index (Phi) is 4.81. The van der Waals surface area contributed by atoms with Crippen molar-refractivity contribution in [1.82, 2.24) is 0 Å². The van der Waals surface area contributed by atoms with Crippen LogP contribution in [-0.2, 0) is 4.79 Å². The van der Waals surface area contributed by atoms with E-state index in [1.165, 1.54) is 0 Å². The first kappa shape index (κ1) is 9.34. The Morgan fingerprint density at radius 1 is 1.30 bits per heavy atom. The van der Waals surface area contributed by atoms with Crippen molar-refractivity contribution in [3.8, 4) is 0 Å². The molecule has 0 aromatic carbocycles. The third-order valence-corrected chi connectivity index (χ3v) is 1.27. The summed E-state index contributed by atoms with van der Waals surface area (Å²) in [6, 6.07) is 0. The van der Waals surface area contributed by atoms with E-state index < -0.39 is 0 Å². The highest BCUT2D eigenvalue weighted by molar-refractivity contribution is 5.86. The van der Waals surface area contributed by atoms with Gasteiger partial charge in [0, 0.05) is 18.7 Å². The highest BCUT2D eigenvalue weighted by Crippen LogP contribution is 1.93. The third kappa shape index (κ3) is 5.48. The van der Waals surface area contributed by atoms with Gasteiger partial charge in [-0.1, -0.05) is 0 Å². The lowest BCUT2D eigenvalue weighted by molar-refractivity contribution is -0.116. The number of nitrogens with zero attached hydrogens (tertiary/aromatic N) is 1. The largest absolute Gasteiger partial charge is 0.300 e. The number of rotatable bonds is 4. The van der Waals surface area contributed by atoms with Crippen molar-refractivity contribution in [1.29, 1.82) is 0 Å². The summed E-state index contributed by atoms with van der Waals surface area (Å²) < 4.78 is 0. The summed E-state index contributed by atoms with van der Waals surface area (Å²) in [6.07, 6.45) is 1.46. The summed E-state index contributed by atoms with van der Waals surface area (Å²) in [5, 5.41) is 0. The molecule has 0 saturated carbocycles. The molecule has 0 aliphatic heterocycles. The van der Waals surface area contributed by atoms with Gasteiger partial charge in [-0.2, -0.15) is 0 Å². The Balaban J connectivity index is 3.48. The topological polar surface area (TPSA) is 29.4 Å². The fraction of sp³-hybridized carbons (Fsp3) is 0.750. The maximum Gasteiger partial charge on any atom is 0.130 e. The molecule has 0 aliphatic rings. The number of ketones is 1. The molecule has 0 N–H and O–H groups in total. The zero-order valence-electron chi connectivity index (χ0n) is 6.98. The van der Waals surface area contributed by atoms with Gasteiger partial charge in [0.25, 0.3) is 0 Å². The average molecular weight is 141 g/mol. The highest BCUT2D eigenvalue weighted by Gasteiger charge is 1.94. The van der Waals surface area contributed by atoms with Gasteiger partial charge in [0.2, 0.25) is 0 Å². The van der Waals surface area contributed by atoms with E-state index >= 15 is 0 Å². The lowest BCUT2D eigenvalue weighted by Crippen LogP contribution is -1.97. The Labute approximate surface area is 62.4 Å². The van der Waals surface area contributed by atoms with Crippen LogP contribution in [0, 0.1) is 0 Å². The minimum atomic E-state index is 0.241. The van der Waals surface area contributed by atoms with E-state index in [0.29, 0.717) is 6.42 Å². The second kappa shape index (κ2) is 5.15. The van der Waals surface area contributed by atoms with Crippen LogP contribution in [-0.4, -0.2) is 18.0 Å². The second-order valence-electron chi connectivity index (χ2n) is 2.41. The van der Waals surface area contributed by atoms with Crippen LogP contribution in [0.3, 0.4) is 0 Å². The van der Waals surface area contributed by atoms with E-state index in [-0.39, 0.29) is 5.78 Å². The monoisotopic (exact) mass is 141 g/mol. The summed E-state index contributed by atoms with van der Waals surface area (Å²) in [4.78, 5) is 14.7. The quantitative estimate of drug-likeness (QED) is 0.549. The average Bonchev–Trinajstić information content (AvgIpc) is 1.85. The molecule has 0 amide bonds. The van der Waals surface area contributed by atoms with Gasteiger partial charge in [-0.05, 0) is 27.2 Å². The van der Waals surface area contributed by atoms with E-state index in [2.05, 4.69) is 4.99 Å². The number of Topliss-reactive ketones (excluding diaryl/α,β-unsaturated/α-hetero) is 1. The number of aliphatic imine (C=N–C) groups is 1. The normalized spacial score (nSPS) is 11.7. The molecule has 0 rings (SSSR count). The lowest BCUT2D eigenvalue weighted by Gasteiger charge is -1.95. The Morgan fingerprint density at radius 3 is 2.30 bits per heavy atom. The summed E-state index contributed by atoms with van der Waals surface area (Å²) in [5.41, 5.74) is 1.08. The summed E-state index contributed by atoms with van der Waals surface area (Å²) in [5.74, 6) is 0.241. The number of carbonyl (C=O) groups is 1. The fourth-order valence-corrected chi connectivity index (χ4v) is 0.706. The predicted octanol–water partition coefficient (Wildman–Crippen LogP) is 1.84. The van der Waals surface area contributed by atoms with Crippen molar-refractivity contribution in [2.24, 2.45) is 4.99 Å². The molecule has 0 aromatic heterocycles. The molecular formula is C8H15NO. The van der Waals surface area contributed by atoms with Crippen LogP contribution >= 0.6 is 0 Å². The van der Waals surface area contributed by atoms with Crippen LogP contribution < -0.4 is 0 Å². The van der Waals surface area contributed by atoms with Crippen molar-refractivity contribution < 1.29 is 4.79 Å². The molecule has 0 unspecified atom stereocenters. The highest BCUT2D eigenvalue weighted by atomic mass is 16.1. The first-order valence-electron chi connectivity index (χ1n) is 3.66. The Morgan fingerprint density at radius 2 is 1.90 bits per heavy atom. The predicted molar refractivity (Wildman–Crippen MR) is 43.6 cm³/mol. The molecule has 10 heavy (non-hydrogen) atoms.